The first-order valence-corrected chi connectivity index (χ1v) is 8.11. The Morgan fingerprint density at radius 3 is 2.81 bits per heavy atom. The molecule has 0 amide bonds. The summed E-state index contributed by atoms with van der Waals surface area (Å²) in [5.74, 6) is 6.86. The van der Waals surface area contributed by atoms with Gasteiger partial charge in [0.25, 0.3) is 0 Å². The van der Waals surface area contributed by atoms with Crippen LogP contribution in [0.1, 0.15) is 29.9 Å². The summed E-state index contributed by atoms with van der Waals surface area (Å²) in [5, 5.41) is 4.32. The summed E-state index contributed by atoms with van der Waals surface area (Å²) in [6.45, 7) is 5.19. The summed E-state index contributed by atoms with van der Waals surface area (Å²) in [6, 6.07) is 8.36. The van der Waals surface area contributed by atoms with Gasteiger partial charge >= 0.3 is 0 Å². The van der Waals surface area contributed by atoms with E-state index in [1.165, 1.54) is 16.6 Å². The number of hydrogen-bond donors (Lipinski definition) is 2. The van der Waals surface area contributed by atoms with Crippen LogP contribution in [0.4, 0.5) is 0 Å². The van der Waals surface area contributed by atoms with Gasteiger partial charge in [-0.3, -0.25) is 11.3 Å². The molecule has 3 rings (SSSR count). The van der Waals surface area contributed by atoms with Gasteiger partial charge in [-0.2, -0.15) is 11.3 Å². The van der Waals surface area contributed by atoms with Crippen molar-refractivity contribution in [3.05, 3.63) is 52.0 Å². The number of nitrogens with one attached hydrogen (secondary N) is 1. The predicted octanol–water partition coefficient (Wildman–Crippen LogP) is 3.17. The van der Waals surface area contributed by atoms with Gasteiger partial charge in [-0.1, -0.05) is 12.1 Å². The Hall–Kier alpha value is -1.69. The van der Waals surface area contributed by atoms with Gasteiger partial charge in [0, 0.05) is 13.0 Å². The highest BCUT2D eigenvalue weighted by atomic mass is 32.1. The lowest BCUT2D eigenvalue weighted by Crippen LogP contribution is -2.30. The zero-order chi connectivity index (χ0) is 14.8. The lowest BCUT2D eigenvalue weighted by molar-refractivity contribution is 0.525. The Labute approximate surface area is 128 Å². The standard InChI is InChI=1S/C16H20N4S/c1-3-20-15-7-5-4-6-13(15)18-16(20)8-14(19-17)12-10-21-9-11(12)2/h4-7,9-10,14,19H,3,8,17H2,1-2H3. The second kappa shape index (κ2) is 5.97. The van der Waals surface area contributed by atoms with Crippen molar-refractivity contribution < 1.29 is 0 Å². The van der Waals surface area contributed by atoms with E-state index < -0.39 is 0 Å². The van der Waals surface area contributed by atoms with Crippen LogP contribution in [0.2, 0.25) is 0 Å². The molecule has 0 aliphatic carbocycles. The van der Waals surface area contributed by atoms with Crippen molar-refractivity contribution in [1.82, 2.24) is 15.0 Å². The van der Waals surface area contributed by atoms with Crippen molar-refractivity contribution in [2.24, 2.45) is 5.84 Å². The molecule has 0 aliphatic rings. The van der Waals surface area contributed by atoms with E-state index >= 15 is 0 Å². The zero-order valence-electron chi connectivity index (χ0n) is 12.3. The first-order chi connectivity index (χ1) is 10.2. The number of nitrogens with zero attached hydrogens (tertiary/aromatic N) is 2. The van der Waals surface area contributed by atoms with Crippen molar-refractivity contribution in [1.29, 1.82) is 0 Å². The maximum atomic E-state index is 5.78. The third-order valence-electron chi connectivity index (χ3n) is 3.91. The van der Waals surface area contributed by atoms with E-state index in [1.807, 2.05) is 6.07 Å². The number of rotatable bonds is 5. The summed E-state index contributed by atoms with van der Waals surface area (Å²) in [5.41, 5.74) is 7.72. The molecule has 3 aromatic rings. The van der Waals surface area contributed by atoms with Crippen LogP contribution in [-0.2, 0) is 13.0 Å². The monoisotopic (exact) mass is 300 g/mol. The topological polar surface area (TPSA) is 55.9 Å². The molecular weight excluding hydrogens is 280 g/mol. The Kier molecular flexibility index (Phi) is 4.05. The molecule has 0 fully saturated rings. The summed E-state index contributed by atoms with van der Waals surface area (Å²) in [4.78, 5) is 4.78. The van der Waals surface area contributed by atoms with Gasteiger partial charge in [0.2, 0.25) is 0 Å². The fourth-order valence-electron chi connectivity index (χ4n) is 2.80. The molecule has 0 saturated heterocycles. The van der Waals surface area contributed by atoms with Gasteiger partial charge in [-0.05, 0) is 47.9 Å². The average molecular weight is 300 g/mol. The molecule has 0 aliphatic heterocycles. The summed E-state index contributed by atoms with van der Waals surface area (Å²) < 4.78 is 2.27. The highest BCUT2D eigenvalue weighted by Gasteiger charge is 2.18. The smallest absolute Gasteiger partial charge is 0.111 e. The van der Waals surface area contributed by atoms with Crippen molar-refractivity contribution in [2.45, 2.75) is 32.9 Å². The van der Waals surface area contributed by atoms with E-state index in [0.29, 0.717) is 0 Å². The molecule has 2 aromatic heterocycles. The second-order valence-corrected chi connectivity index (χ2v) is 5.94. The lowest BCUT2D eigenvalue weighted by Gasteiger charge is -2.16. The predicted molar refractivity (Wildman–Crippen MR) is 88.2 cm³/mol. The number of para-hydroxylation sites is 2. The average Bonchev–Trinajstić information content (AvgIpc) is 3.07. The first kappa shape index (κ1) is 14.3. The van der Waals surface area contributed by atoms with Gasteiger partial charge in [-0.15, -0.1) is 0 Å². The molecule has 21 heavy (non-hydrogen) atoms. The van der Waals surface area contributed by atoms with Crippen LogP contribution in [0.15, 0.2) is 35.0 Å². The van der Waals surface area contributed by atoms with Crippen LogP contribution in [0, 0.1) is 6.92 Å². The quantitative estimate of drug-likeness (QED) is 0.562. The maximum absolute atomic E-state index is 5.78. The molecule has 1 aromatic carbocycles. The van der Waals surface area contributed by atoms with Crippen LogP contribution in [0.25, 0.3) is 11.0 Å². The summed E-state index contributed by atoms with van der Waals surface area (Å²) >= 11 is 1.71. The van der Waals surface area contributed by atoms with Crippen molar-refractivity contribution in [3.8, 4) is 0 Å². The molecule has 0 radical (unpaired) electrons. The van der Waals surface area contributed by atoms with Crippen molar-refractivity contribution in [2.75, 3.05) is 0 Å². The van der Waals surface area contributed by atoms with Crippen LogP contribution in [0.5, 0.6) is 0 Å². The number of hydrogen-bond acceptors (Lipinski definition) is 4. The zero-order valence-corrected chi connectivity index (χ0v) is 13.2. The molecule has 4 nitrogen and oxygen atoms in total. The molecule has 2 heterocycles. The van der Waals surface area contributed by atoms with Gasteiger partial charge in [0.15, 0.2) is 0 Å². The number of imidazole rings is 1. The molecule has 0 bridgehead atoms. The minimum absolute atomic E-state index is 0.0957. The van der Waals surface area contributed by atoms with Crippen LogP contribution >= 0.6 is 11.3 Å². The minimum Gasteiger partial charge on any atom is -0.328 e. The molecule has 0 saturated carbocycles. The molecule has 1 unspecified atom stereocenters. The van der Waals surface area contributed by atoms with E-state index in [4.69, 9.17) is 10.8 Å². The number of benzene rings is 1. The normalized spacial score (nSPS) is 12.9. The number of nitrogens with two attached hydrogens (primary N) is 1. The molecular formula is C16H20N4S. The summed E-state index contributed by atoms with van der Waals surface area (Å²) in [7, 11) is 0. The van der Waals surface area contributed by atoms with E-state index in [0.717, 1.165) is 24.3 Å². The Bertz CT molecular complexity index is 744. The van der Waals surface area contributed by atoms with Crippen molar-refractivity contribution >= 4 is 22.4 Å². The van der Waals surface area contributed by atoms with Crippen LogP contribution < -0.4 is 11.3 Å². The van der Waals surface area contributed by atoms with Gasteiger partial charge in [0.05, 0.1) is 17.1 Å². The lowest BCUT2D eigenvalue weighted by atomic mass is 10.0. The number of fused-ring (bicyclic) bond motifs is 1. The molecule has 3 N–H and O–H groups in total. The molecule has 1 atom stereocenters. The van der Waals surface area contributed by atoms with Crippen molar-refractivity contribution in [3.63, 3.8) is 0 Å². The van der Waals surface area contributed by atoms with Crippen LogP contribution in [0.3, 0.4) is 0 Å². The third-order valence-corrected chi connectivity index (χ3v) is 4.79. The Balaban J connectivity index is 1.98. The Morgan fingerprint density at radius 1 is 1.33 bits per heavy atom. The SMILES string of the molecule is CCn1c(CC(NN)c2cscc2C)nc2ccccc21. The maximum Gasteiger partial charge on any atom is 0.111 e. The van der Waals surface area contributed by atoms with E-state index in [1.54, 1.807) is 11.3 Å². The number of aromatic nitrogens is 2. The van der Waals surface area contributed by atoms with Crippen LogP contribution in [-0.4, -0.2) is 9.55 Å². The molecule has 0 spiro atoms. The fraction of sp³-hybridized carbons (Fsp3) is 0.312. The highest BCUT2D eigenvalue weighted by molar-refractivity contribution is 7.08. The number of thiophene rings is 1. The van der Waals surface area contributed by atoms with Gasteiger partial charge < -0.3 is 4.57 Å². The second-order valence-electron chi connectivity index (χ2n) is 5.19. The molecule has 5 heteroatoms. The first-order valence-electron chi connectivity index (χ1n) is 7.17. The third kappa shape index (κ3) is 2.60. The largest absolute Gasteiger partial charge is 0.328 e. The summed E-state index contributed by atoms with van der Waals surface area (Å²) in [6.07, 6.45) is 0.788. The van der Waals surface area contributed by atoms with E-state index in [-0.39, 0.29) is 6.04 Å². The number of hydrazine groups is 1. The van der Waals surface area contributed by atoms with E-state index in [9.17, 15) is 0 Å². The van der Waals surface area contributed by atoms with Gasteiger partial charge in [0.1, 0.15) is 5.82 Å². The fourth-order valence-corrected chi connectivity index (χ4v) is 3.71. The minimum atomic E-state index is 0.0957. The van der Waals surface area contributed by atoms with Gasteiger partial charge in [-0.25, -0.2) is 4.98 Å². The Morgan fingerprint density at radius 2 is 2.14 bits per heavy atom. The number of aryl methyl sites for hydroxylation is 2. The highest BCUT2D eigenvalue weighted by Crippen LogP contribution is 2.25. The molecule has 110 valence electrons. The van der Waals surface area contributed by atoms with E-state index in [2.05, 4.69) is 52.8 Å².